The van der Waals surface area contributed by atoms with Gasteiger partial charge in [-0.3, -0.25) is 4.79 Å². The quantitative estimate of drug-likeness (QED) is 0.547. The Morgan fingerprint density at radius 2 is 2.11 bits per heavy atom. The second kappa shape index (κ2) is 8.09. The lowest BCUT2D eigenvalue weighted by Gasteiger charge is -2.20. The van der Waals surface area contributed by atoms with Crippen LogP contribution in [0.5, 0.6) is 0 Å². The highest BCUT2D eigenvalue weighted by molar-refractivity contribution is 8.00. The number of aryl methyl sites for hydroxylation is 1. The van der Waals surface area contributed by atoms with Crippen molar-refractivity contribution >= 4 is 34.7 Å². The Labute approximate surface area is 173 Å². The molecule has 0 saturated heterocycles. The molecule has 2 atom stereocenters. The number of carbonyl (C=O) groups is 1. The van der Waals surface area contributed by atoms with Crippen LogP contribution in [0.2, 0.25) is 0 Å². The molecule has 0 saturated carbocycles. The summed E-state index contributed by atoms with van der Waals surface area (Å²) in [7, 11) is 1.78. The van der Waals surface area contributed by atoms with Crippen LogP contribution in [0.1, 0.15) is 30.7 Å². The molecule has 1 amide bonds. The van der Waals surface area contributed by atoms with Crippen molar-refractivity contribution in [3.05, 3.63) is 46.8 Å². The molecule has 7 heteroatoms. The van der Waals surface area contributed by atoms with Crippen molar-refractivity contribution in [3.8, 4) is 10.8 Å². The lowest BCUT2D eigenvalue weighted by atomic mass is 9.90. The van der Waals surface area contributed by atoms with Crippen LogP contribution >= 0.6 is 23.1 Å². The summed E-state index contributed by atoms with van der Waals surface area (Å²) in [5, 5.41) is 8.47. The molecule has 0 N–H and O–H groups in total. The van der Waals surface area contributed by atoms with Crippen molar-refractivity contribution in [2.24, 2.45) is 5.92 Å². The number of hydrogen-bond acceptors (Lipinski definition) is 6. The summed E-state index contributed by atoms with van der Waals surface area (Å²) in [6.45, 7) is 4.16. The summed E-state index contributed by atoms with van der Waals surface area (Å²) >= 11 is 3.05. The Bertz CT molecular complexity index is 967. The first-order chi connectivity index (χ1) is 13.5. The van der Waals surface area contributed by atoms with E-state index in [1.807, 2.05) is 37.3 Å². The largest absolute Gasteiger partial charge is 0.410 e. The van der Waals surface area contributed by atoms with Gasteiger partial charge in [0.2, 0.25) is 5.91 Å². The summed E-state index contributed by atoms with van der Waals surface area (Å²) in [6, 6.07) is 11.8. The molecule has 2 aromatic heterocycles. The van der Waals surface area contributed by atoms with Gasteiger partial charge in [-0.05, 0) is 55.9 Å². The van der Waals surface area contributed by atoms with E-state index in [4.69, 9.17) is 4.42 Å². The van der Waals surface area contributed by atoms with Gasteiger partial charge in [-0.1, -0.05) is 36.9 Å². The first kappa shape index (κ1) is 19.2. The number of rotatable bonds is 5. The molecule has 28 heavy (non-hydrogen) atoms. The SMILES string of the molecule is C[C@@H]1CCc2sc(-c3nnc(S[C@H](C)C(=O)N(C)c4ccccc4)o3)cc2C1. The minimum Gasteiger partial charge on any atom is -0.410 e. The highest BCUT2D eigenvalue weighted by Gasteiger charge is 2.24. The third-order valence-electron chi connectivity index (χ3n) is 5.05. The van der Waals surface area contributed by atoms with E-state index >= 15 is 0 Å². The van der Waals surface area contributed by atoms with Crippen molar-refractivity contribution in [2.45, 2.75) is 43.6 Å². The zero-order valence-electron chi connectivity index (χ0n) is 16.2. The number of thioether (sulfide) groups is 1. The van der Waals surface area contributed by atoms with Gasteiger partial charge in [0.1, 0.15) is 0 Å². The maximum atomic E-state index is 12.7. The van der Waals surface area contributed by atoms with Crippen LogP contribution in [0.15, 0.2) is 46.0 Å². The number of amides is 1. The maximum Gasteiger partial charge on any atom is 0.277 e. The van der Waals surface area contributed by atoms with Gasteiger partial charge in [0.25, 0.3) is 11.1 Å². The first-order valence-corrected chi connectivity index (χ1v) is 11.2. The maximum absolute atomic E-state index is 12.7. The zero-order valence-corrected chi connectivity index (χ0v) is 17.8. The topological polar surface area (TPSA) is 59.2 Å². The van der Waals surface area contributed by atoms with Gasteiger partial charge in [0, 0.05) is 17.6 Å². The number of thiophene rings is 1. The molecule has 4 rings (SSSR count). The van der Waals surface area contributed by atoms with E-state index in [1.54, 1.807) is 23.3 Å². The van der Waals surface area contributed by atoms with E-state index in [0.717, 1.165) is 29.3 Å². The smallest absolute Gasteiger partial charge is 0.277 e. The molecule has 5 nitrogen and oxygen atoms in total. The molecule has 1 aliphatic carbocycles. The van der Waals surface area contributed by atoms with Crippen molar-refractivity contribution < 1.29 is 9.21 Å². The second-order valence-electron chi connectivity index (χ2n) is 7.27. The minimum absolute atomic E-state index is 0.00322. The van der Waals surface area contributed by atoms with E-state index < -0.39 is 0 Å². The summed E-state index contributed by atoms with van der Waals surface area (Å²) in [5.41, 5.74) is 2.28. The standard InChI is InChI=1S/C21H23N3O2S2/c1-13-9-10-17-15(11-13)12-18(28-17)19-22-23-21(26-19)27-14(2)20(25)24(3)16-7-5-4-6-8-16/h4-8,12-14H,9-11H2,1-3H3/t13-,14-/m1/s1. The molecule has 3 aromatic rings. The summed E-state index contributed by atoms with van der Waals surface area (Å²) in [4.78, 5) is 16.8. The molecule has 0 radical (unpaired) electrons. The predicted molar refractivity (Wildman–Crippen MR) is 114 cm³/mol. The van der Waals surface area contributed by atoms with Crippen LogP contribution in [0, 0.1) is 5.92 Å². The molecule has 1 aromatic carbocycles. The molecule has 0 unspecified atom stereocenters. The van der Waals surface area contributed by atoms with Gasteiger partial charge in [0.05, 0.1) is 10.1 Å². The fraction of sp³-hybridized carbons (Fsp3) is 0.381. The second-order valence-corrected chi connectivity index (χ2v) is 9.70. The number of anilines is 1. The summed E-state index contributed by atoms with van der Waals surface area (Å²) in [5.74, 6) is 1.28. The van der Waals surface area contributed by atoms with Crippen LogP contribution in [0.3, 0.4) is 0 Å². The number of carbonyl (C=O) groups excluding carboxylic acids is 1. The van der Waals surface area contributed by atoms with Crippen LogP contribution in [0.25, 0.3) is 10.8 Å². The monoisotopic (exact) mass is 413 g/mol. The molecule has 0 fully saturated rings. The van der Waals surface area contributed by atoms with Crippen molar-refractivity contribution in [2.75, 3.05) is 11.9 Å². The summed E-state index contributed by atoms with van der Waals surface area (Å²) in [6.07, 6.45) is 3.50. The Kier molecular flexibility index (Phi) is 5.55. The molecular weight excluding hydrogens is 390 g/mol. The van der Waals surface area contributed by atoms with Crippen molar-refractivity contribution in [1.82, 2.24) is 10.2 Å². The predicted octanol–water partition coefficient (Wildman–Crippen LogP) is 5.07. The average molecular weight is 414 g/mol. The third kappa shape index (κ3) is 4.00. The van der Waals surface area contributed by atoms with E-state index in [-0.39, 0.29) is 11.2 Å². The van der Waals surface area contributed by atoms with Crippen LogP contribution in [-0.4, -0.2) is 28.4 Å². The highest BCUT2D eigenvalue weighted by Crippen LogP contribution is 2.37. The van der Waals surface area contributed by atoms with E-state index in [9.17, 15) is 4.79 Å². The zero-order chi connectivity index (χ0) is 19.7. The summed E-state index contributed by atoms with van der Waals surface area (Å²) < 4.78 is 5.86. The third-order valence-corrected chi connectivity index (χ3v) is 7.19. The van der Waals surface area contributed by atoms with Crippen LogP contribution < -0.4 is 4.90 Å². The van der Waals surface area contributed by atoms with Gasteiger partial charge < -0.3 is 9.32 Å². The Morgan fingerprint density at radius 1 is 1.32 bits per heavy atom. The Balaban J connectivity index is 1.44. The molecule has 0 aliphatic heterocycles. The van der Waals surface area contributed by atoms with Crippen LogP contribution in [-0.2, 0) is 17.6 Å². The van der Waals surface area contributed by atoms with Gasteiger partial charge in [-0.15, -0.1) is 21.5 Å². The van der Waals surface area contributed by atoms with Crippen LogP contribution in [0.4, 0.5) is 5.69 Å². The molecule has 0 spiro atoms. The van der Waals surface area contributed by atoms with E-state index in [0.29, 0.717) is 11.1 Å². The molecular formula is C21H23N3O2S2. The fourth-order valence-electron chi connectivity index (χ4n) is 3.42. The van der Waals surface area contributed by atoms with Crippen molar-refractivity contribution in [3.63, 3.8) is 0 Å². The lowest BCUT2D eigenvalue weighted by molar-refractivity contribution is -0.117. The van der Waals surface area contributed by atoms with Gasteiger partial charge >= 0.3 is 0 Å². The number of benzene rings is 1. The van der Waals surface area contributed by atoms with Gasteiger partial charge in [-0.2, -0.15) is 0 Å². The van der Waals surface area contributed by atoms with E-state index in [2.05, 4.69) is 23.2 Å². The van der Waals surface area contributed by atoms with Gasteiger partial charge in [-0.25, -0.2) is 0 Å². The molecule has 0 bridgehead atoms. The lowest BCUT2D eigenvalue weighted by Crippen LogP contribution is -2.33. The molecule has 1 aliphatic rings. The normalized spacial score (nSPS) is 17.2. The number of fused-ring (bicyclic) bond motifs is 1. The fourth-order valence-corrected chi connectivity index (χ4v) is 5.33. The molecule has 2 heterocycles. The Morgan fingerprint density at radius 3 is 2.89 bits per heavy atom. The number of aromatic nitrogens is 2. The number of hydrogen-bond donors (Lipinski definition) is 0. The highest BCUT2D eigenvalue weighted by atomic mass is 32.2. The average Bonchev–Trinajstić information content (AvgIpc) is 3.33. The first-order valence-electron chi connectivity index (χ1n) is 9.46. The van der Waals surface area contributed by atoms with E-state index in [1.165, 1.54) is 28.6 Å². The van der Waals surface area contributed by atoms with Crippen molar-refractivity contribution in [1.29, 1.82) is 0 Å². The molecule has 146 valence electrons. The number of para-hydroxylation sites is 1. The van der Waals surface area contributed by atoms with Gasteiger partial charge in [0.15, 0.2) is 0 Å². The Hall–Kier alpha value is -2.12. The minimum atomic E-state index is -0.323. The number of nitrogens with zero attached hydrogens (tertiary/aromatic N) is 3.